The Morgan fingerprint density at radius 3 is 2.16 bits per heavy atom. The van der Waals surface area contributed by atoms with Crippen molar-refractivity contribution in [3.63, 3.8) is 0 Å². The summed E-state index contributed by atoms with van der Waals surface area (Å²) in [4.78, 5) is 40.3. The first-order valence-electron chi connectivity index (χ1n) is 14.0. The topological polar surface area (TPSA) is 87.3 Å². The van der Waals surface area contributed by atoms with Crippen LogP contribution in [0.4, 0.5) is 11.4 Å². The minimum Gasteiger partial charge on any atom is -0.325 e. The normalized spacial score (nSPS) is 12.0. The molecule has 0 saturated heterocycles. The summed E-state index contributed by atoms with van der Waals surface area (Å²) >= 11 is 7.36. The minimum atomic E-state index is -0.466. The molecule has 0 aliphatic carbocycles. The lowest BCUT2D eigenvalue weighted by atomic mass is 10.0. The van der Waals surface area contributed by atoms with Crippen molar-refractivity contribution in [3.05, 3.63) is 131 Å². The van der Waals surface area contributed by atoms with E-state index in [4.69, 9.17) is 11.6 Å². The number of benzene rings is 4. The molecule has 43 heavy (non-hydrogen) atoms. The Morgan fingerprint density at radius 1 is 0.814 bits per heavy atom. The fourth-order valence-corrected chi connectivity index (χ4v) is 5.31. The van der Waals surface area contributed by atoms with Gasteiger partial charge in [0.1, 0.15) is 5.70 Å². The number of carbonyl (C=O) groups is 3. The molecule has 1 atom stereocenters. The molecule has 0 aromatic heterocycles. The summed E-state index contributed by atoms with van der Waals surface area (Å²) in [5.41, 5.74) is 3.72. The molecule has 0 spiro atoms. The van der Waals surface area contributed by atoms with Gasteiger partial charge < -0.3 is 16.0 Å². The quantitative estimate of drug-likeness (QED) is 0.117. The SMILES string of the molecule is CCC(Sc1cccc(NC(=O)/C(=C\c2ccc(C(C)C)cc2)NC(=O)c2ccccc2)c1)C(=O)Nc1ccc(Cl)cc1. The summed E-state index contributed by atoms with van der Waals surface area (Å²) in [5.74, 6) is -0.601. The number of anilines is 2. The molecule has 0 heterocycles. The number of amides is 3. The van der Waals surface area contributed by atoms with Gasteiger partial charge in [-0.2, -0.15) is 0 Å². The Kier molecular flexibility index (Phi) is 11.2. The van der Waals surface area contributed by atoms with E-state index in [-0.39, 0.29) is 22.8 Å². The van der Waals surface area contributed by atoms with E-state index >= 15 is 0 Å². The van der Waals surface area contributed by atoms with Crippen molar-refractivity contribution in [2.45, 2.75) is 43.3 Å². The van der Waals surface area contributed by atoms with Gasteiger partial charge in [-0.25, -0.2) is 0 Å². The highest BCUT2D eigenvalue weighted by atomic mass is 35.5. The minimum absolute atomic E-state index is 0.109. The van der Waals surface area contributed by atoms with Gasteiger partial charge in [0.15, 0.2) is 0 Å². The maximum absolute atomic E-state index is 13.5. The molecule has 0 aliphatic rings. The lowest BCUT2D eigenvalue weighted by Gasteiger charge is -2.16. The van der Waals surface area contributed by atoms with E-state index in [2.05, 4.69) is 29.8 Å². The highest BCUT2D eigenvalue weighted by molar-refractivity contribution is 8.00. The zero-order valence-corrected chi connectivity index (χ0v) is 25.8. The second-order valence-corrected chi connectivity index (χ2v) is 11.9. The van der Waals surface area contributed by atoms with Gasteiger partial charge in [-0.1, -0.05) is 80.9 Å². The van der Waals surface area contributed by atoms with E-state index in [1.54, 1.807) is 60.7 Å². The van der Waals surface area contributed by atoms with Gasteiger partial charge in [-0.3, -0.25) is 14.4 Å². The third-order valence-electron chi connectivity index (χ3n) is 6.59. The van der Waals surface area contributed by atoms with Crippen molar-refractivity contribution < 1.29 is 14.4 Å². The number of carbonyl (C=O) groups excluding carboxylic acids is 3. The van der Waals surface area contributed by atoms with E-state index in [1.807, 2.05) is 55.5 Å². The van der Waals surface area contributed by atoms with Gasteiger partial charge in [0.25, 0.3) is 11.8 Å². The highest BCUT2D eigenvalue weighted by Gasteiger charge is 2.19. The van der Waals surface area contributed by atoms with Gasteiger partial charge >= 0.3 is 0 Å². The molecule has 4 aromatic rings. The summed E-state index contributed by atoms with van der Waals surface area (Å²) in [6.45, 7) is 6.18. The first kappa shape index (κ1) is 31.6. The molecule has 0 aliphatic heterocycles. The van der Waals surface area contributed by atoms with Gasteiger partial charge in [0.2, 0.25) is 5.91 Å². The third-order valence-corrected chi connectivity index (χ3v) is 8.20. The number of thioether (sulfide) groups is 1. The summed E-state index contributed by atoms with van der Waals surface area (Å²) in [5, 5.41) is 8.86. The van der Waals surface area contributed by atoms with Crippen LogP contribution in [0.15, 0.2) is 114 Å². The van der Waals surface area contributed by atoms with Crippen molar-refractivity contribution in [2.24, 2.45) is 0 Å². The zero-order chi connectivity index (χ0) is 30.8. The van der Waals surface area contributed by atoms with Crippen LogP contribution in [0.1, 0.15) is 54.6 Å². The van der Waals surface area contributed by atoms with Crippen LogP contribution < -0.4 is 16.0 Å². The van der Waals surface area contributed by atoms with Crippen LogP contribution in [-0.4, -0.2) is 23.0 Å². The van der Waals surface area contributed by atoms with Crippen LogP contribution in [0.25, 0.3) is 6.08 Å². The Labute approximate surface area is 261 Å². The van der Waals surface area contributed by atoms with Crippen LogP contribution in [0.3, 0.4) is 0 Å². The Morgan fingerprint density at radius 2 is 1.51 bits per heavy atom. The maximum Gasteiger partial charge on any atom is 0.272 e. The van der Waals surface area contributed by atoms with E-state index in [9.17, 15) is 14.4 Å². The maximum atomic E-state index is 13.5. The largest absolute Gasteiger partial charge is 0.325 e. The van der Waals surface area contributed by atoms with Gasteiger partial charge in [-0.05, 0) is 84.1 Å². The predicted molar refractivity (Wildman–Crippen MR) is 178 cm³/mol. The van der Waals surface area contributed by atoms with Crippen molar-refractivity contribution >= 4 is 58.5 Å². The molecule has 0 saturated carbocycles. The Balaban J connectivity index is 1.51. The number of halogens is 1. The fraction of sp³-hybridized carbons (Fsp3) is 0.171. The predicted octanol–water partition coefficient (Wildman–Crippen LogP) is 8.38. The average molecular weight is 612 g/mol. The lowest BCUT2D eigenvalue weighted by molar-refractivity contribution is -0.116. The molecule has 1 unspecified atom stereocenters. The van der Waals surface area contributed by atoms with Crippen molar-refractivity contribution in [1.29, 1.82) is 0 Å². The third kappa shape index (κ3) is 9.33. The van der Waals surface area contributed by atoms with Crippen molar-refractivity contribution in [1.82, 2.24) is 5.32 Å². The summed E-state index contributed by atoms with van der Waals surface area (Å²) in [6.07, 6.45) is 2.27. The average Bonchev–Trinajstić information content (AvgIpc) is 3.01. The smallest absolute Gasteiger partial charge is 0.272 e. The standard InChI is InChI=1S/C35H34ClN3O3S/c1-4-32(35(42)37-28-19-17-27(36)18-20-28)43-30-12-8-11-29(22-30)38-34(41)31(39-33(40)26-9-6-5-7-10-26)21-24-13-15-25(16-14-24)23(2)3/h5-23,32H,4H2,1-3H3,(H,37,42)(H,38,41)(H,39,40)/b31-21+. The van der Waals surface area contributed by atoms with Crippen LogP contribution in [0.2, 0.25) is 5.02 Å². The summed E-state index contributed by atoms with van der Waals surface area (Å²) < 4.78 is 0. The fourth-order valence-electron chi connectivity index (χ4n) is 4.17. The van der Waals surface area contributed by atoms with Crippen molar-refractivity contribution in [3.8, 4) is 0 Å². The molecule has 0 bridgehead atoms. The van der Waals surface area contributed by atoms with E-state index in [0.717, 1.165) is 10.5 Å². The number of hydrogen-bond donors (Lipinski definition) is 3. The monoisotopic (exact) mass is 611 g/mol. The van der Waals surface area contributed by atoms with Crippen LogP contribution >= 0.6 is 23.4 Å². The van der Waals surface area contributed by atoms with E-state index in [0.29, 0.717) is 34.3 Å². The second kappa shape index (κ2) is 15.2. The molecule has 220 valence electrons. The molecular weight excluding hydrogens is 578 g/mol. The number of nitrogens with one attached hydrogen (secondary N) is 3. The Hall–Kier alpha value is -4.33. The van der Waals surface area contributed by atoms with Gasteiger partial charge in [0, 0.05) is 26.9 Å². The highest BCUT2D eigenvalue weighted by Crippen LogP contribution is 2.29. The van der Waals surface area contributed by atoms with Crippen LogP contribution in [0.5, 0.6) is 0 Å². The molecule has 8 heteroatoms. The number of rotatable bonds is 11. The summed E-state index contributed by atoms with van der Waals surface area (Å²) in [7, 11) is 0. The van der Waals surface area contributed by atoms with Gasteiger partial charge in [0.05, 0.1) is 5.25 Å². The molecule has 0 radical (unpaired) electrons. The van der Waals surface area contributed by atoms with Crippen molar-refractivity contribution in [2.75, 3.05) is 10.6 Å². The first-order chi connectivity index (χ1) is 20.7. The molecule has 6 nitrogen and oxygen atoms in total. The molecule has 0 fully saturated rings. The first-order valence-corrected chi connectivity index (χ1v) is 15.3. The van der Waals surface area contributed by atoms with E-state index in [1.165, 1.54) is 17.3 Å². The van der Waals surface area contributed by atoms with Crippen LogP contribution in [0, 0.1) is 0 Å². The second-order valence-electron chi connectivity index (χ2n) is 10.2. The molecule has 4 rings (SSSR count). The van der Waals surface area contributed by atoms with Crippen LogP contribution in [-0.2, 0) is 9.59 Å². The molecule has 4 aromatic carbocycles. The molecule has 3 N–H and O–H groups in total. The Bertz CT molecular complexity index is 1590. The lowest BCUT2D eigenvalue weighted by Crippen LogP contribution is -2.30. The zero-order valence-electron chi connectivity index (χ0n) is 24.3. The van der Waals surface area contributed by atoms with Gasteiger partial charge in [-0.15, -0.1) is 11.8 Å². The molecular formula is C35H34ClN3O3S. The summed E-state index contributed by atoms with van der Waals surface area (Å²) in [6, 6.07) is 30.9. The molecule has 3 amide bonds. The number of hydrogen-bond acceptors (Lipinski definition) is 4. The van der Waals surface area contributed by atoms with E-state index < -0.39 is 5.91 Å².